The fourth-order valence-electron chi connectivity index (χ4n) is 1.69. The topological polar surface area (TPSA) is 200 Å². The molecular formula is C12H17N2O9P. The predicted molar refractivity (Wildman–Crippen MR) is 79.1 cm³/mol. The summed E-state index contributed by atoms with van der Waals surface area (Å²) in [7, 11) is -4.86. The number of rotatable bonds is 8. The number of aliphatic carboxylic acids is 1. The minimum Gasteiger partial charge on any atom is -0.504 e. The van der Waals surface area contributed by atoms with Gasteiger partial charge in [-0.2, -0.15) is 0 Å². The summed E-state index contributed by atoms with van der Waals surface area (Å²) in [5, 5.41) is 29.7. The third kappa shape index (κ3) is 6.14. The number of hydrogen-bond donors (Lipinski definition) is 7. The van der Waals surface area contributed by atoms with E-state index < -0.39 is 49.9 Å². The highest BCUT2D eigenvalue weighted by Gasteiger charge is 2.24. The minimum absolute atomic E-state index is 0.246. The Morgan fingerprint density at radius 2 is 1.96 bits per heavy atom. The second-order valence-corrected chi connectivity index (χ2v) is 5.94. The van der Waals surface area contributed by atoms with E-state index in [1.54, 1.807) is 0 Å². The van der Waals surface area contributed by atoms with Crippen molar-refractivity contribution in [1.82, 2.24) is 5.32 Å². The van der Waals surface area contributed by atoms with Crippen LogP contribution in [0.2, 0.25) is 0 Å². The van der Waals surface area contributed by atoms with Gasteiger partial charge in [-0.3, -0.25) is 14.6 Å². The second kappa shape index (κ2) is 8.08. The first-order valence-electron chi connectivity index (χ1n) is 6.50. The number of nitrogens with two attached hydrogens (primary N) is 1. The van der Waals surface area contributed by atoms with Crippen molar-refractivity contribution in [2.75, 3.05) is 6.61 Å². The molecule has 0 saturated carbocycles. The Kier molecular flexibility index (Phi) is 6.70. The summed E-state index contributed by atoms with van der Waals surface area (Å²) in [4.78, 5) is 40.1. The van der Waals surface area contributed by atoms with Crippen molar-refractivity contribution in [3.05, 3.63) is 23.8 Å². The van der Waals surface area contributed by atoms with E-state index in [4.69, 9.17) is 25.7 Å². The van der Waals surface area contributed by atoms with E-state index in [2.05, 4.69) is 9.84 Å². The van der Waals surface area contributed by atoms with Gasteiger partial charge in [0.15, 0.2) is 11.5 Å². The van der Waals surface area contributed by atoms with Gasteiger partial charge in [-0.1, -0.05) is 6.07 Å². The largest absolute Gasteiger partial charge is 0.524 e. The fraction of sp³-hybridized carbons (Fsp3) is 0.333. The molecule has 24 heavy (non-hydrogen) atoms. The number of phosphoric ester groups is 1. The van der Waals surface area contributed by atoms with Crippen LogP contribution in [0, 0.1) is 0 Å². The number of nitrogens with one attached hydrogen (secondary N) is 1. The Labute approximate surface area is 135 Å². The van der Waals surface area contributed by atoms with Crippen LogP contribution in [0.3, 0.4) is 0 Å². The van der Waals surface area contributed by atoms with Crippen LogP contribution < -0.4 is 15.6 Å². The number of benzene rings is 1. The maximum atomic E-state index is 11.5. The van der Waals surface area contributed by atoms with E-state index in [0.717, 1.165) is 12.1 Å². The summed E-state index contributed by atoms with van der Waals surface area (Å²) >= 11 is 0. The number of hydrogen-bond acceptors (Lipinski definition) is 7. The lowest BCUT2D eigenvalue weighted by molar-refractivity contribution is -0.142. The molecule has 8 N–H and O–H groups in total. The number of aromatic hydroxyl groups is 1. The van der Waals surface area contributed by atoms with Crippen LogP contribution in [0.1, 0.15) is 5.56 Å². The van der Waals surface area contributed by atoms with E-state index in [1.807, 2.05) is 0 Å². The molecule has 0 aromatic heterocycles. The zero-order chi connectivity index (χ0) is 18.5. The molecule has 0 heterocycles. The van der Waals surface area contributed by atoms with Crippen molar-refractivity contribution in [2.24, 2.45) is 5.73 Å². The highest BCUT2D eigenvalue weighted by molar-refractivity contribution is 7.46. The van der Waals surface area contributed by atoms with Gasteiger partial charge in [0, 0.05) is 6.42 Å². The number of carbonyl (C=O) groups excluding carboxylic acids is 1. The third-order valence-corrected chi connectivity index (χ3v) is 3.26. The first-order chi connectivity index (χ1) is 11.0. The average Bonchev–Trinajstić information content (AvgIpc) is 2.47. The van der Waals surface area contributed by atoms with Crippen molar-refractivity contribution >= 4 is 19.7 Å². The van der Waals surface area contributed by atoms with Gasteiger partial charge >= 0.3 is 13.8 Å². The SMILES string of the molecule is N[C@@H](CO)C(=O)N[C@@H](Cc1ccc(OP(=O)(O)O)c(O)c1)C(=O)O. The van der Waals surface area contributed by atoms with Crippen molar-refractivity contribution < 1.29 is 43.8 Å². The number of aliphatic hydroxyl groups is 1. The molecule has 1 amide bonds. The van der Waals surface area contributed by atoms with E-state index in [9.17, 15) is 19.3 Å². The number of carbonyl (C=O) groups is 2. The van der Waals surface area contributed by atoms with Gasteiger partial charge in [0.2, 0.25) is 5.91 Å². The molecule has 0 aliphatic rings. The van der Waals surface area contributed by atoms with Crippen molar-refractivity contribution in [3.8, 4) is 11.5 Å². The van der Waals surface area contributed by atoms with Crippen LogP contribution in [0.15, 0.2) is 18.2 Å². The highest BCUT2D eigenvalue weighted by atomic mass is 31.2. The summed E-state index contributed by atoms with van der Waals surface area (Å²) in [6.07, 6.45) is -0.247. The fourth-order valence-corrected chi connectivity index (χ4v) is 2.10. The highest BCUT2D eigenvalue weighted by Crippen LogP contribution is 2.41. The molecule has 1 aromatic carbocycles. The zero-order valence-corrected chi connectivity index (χ0v) is 13.1. The molecule has 0 unspecified atom stereocenters. The molecule has 0 spiro atoms. The van der Waals surface area contributed by atoms with Crippen LogP contribution in [0.5, 0.6) is 11.5 Å². The molecule has 0 radical (unpaired) electrons. The molecule has 0 aliphatic heterocycles. The van der Waals surface area contributed by atoms with Gasteiger partial charge in [-0.25, -0.2) is 9.36 Å². The Morgan fingerprint density at radius 3 is 2.42 bits per heavy atom. The standard InChI is InChI=1S/C12H17N2O9P/c13-7(5-15)11(17)14-8(12(18)19)3-6-1-2-10(9(16)4-6)23-24(20,21)22/h1-2,4,7-8,15-16H,3,5,13H2,(H,14,17)(H,18,19)(H2,20,21,22)/t7-,8-/m0/s1. The third-order valence-electron chi connectivity index (χ3n) is 2.83. The van der Waals surface area contributed by atoms with Gasteiger partial charge in [0.1, 0.15) is 12.1 Å². The van der Waals surface area contributed by atoms with Gasteiger partial charge in [0.05, 0.1) is 6.61 Å². The number of carboxylic acids is 1. The molecule has 1 aromatic rings. The lowest BCUT2D eigenvalue weighted by atomic mass is 10.0. The smallest absolute Gasteiger partial charge is 0.504 e. The van der Waals surface area contributed by atoms with Gasteiger partial charge in [0.25, 0.3) is 0 Å². The van der Waals surface area contributed by atoms with Gasteiger partial charge in [-0.05, 0) is 17.7 Å². The molecule has 0 aliphatic carbocycles. The number of phenols is 1. The monoisotopic (exact) mass is 364 g/mol. The van der Waals surface area contributed by atoms with Crippen LogP contribution in [0.4, 0.5) is 0 Å². The maximum Gasteiger partial charge on any atom is 0.524 e. The molecule has 0 saturated heterocycles. The Balaban J connectivity index is 2.88. The van der Waals surface area contributed by atoms with Crippen molar-refractivity contribution in [2.45, 2.75) is 18.5 Å². The summed E-state index contributed by atoms with van der Waals surface area (Å²) < 4.78 is 15.0. The lowest BCUT2D eigenvalue weighted by Crippen LogP contribution is -2.50. The summed E-state index contributed by atoms with van der Waals surface area (Å²) in [6, 6.07) is 0.684. The molecule has 134 valence electrons. The van der Waals surface area contributed by atoms with E-state index in [0.29, 0.717) is 0 Å². The van der Waals surface area contributed by atoms with Gasteiger partial charge < -0.3 is 30.9 Å². The number of carboxylic acid groups (broad SMARTS) is 1. The zero-order valence-electron chi connectivity index (χ0n) is 12.2. The van der Waals surface area contributed by atoms with Crippen LogP contribution in [-0.4, -0.2) is 55.7 Å². The first kappa shape index (κ1) is 19.9. The minimum atomic E-state index is -4.86. The van der Waals surface area contributed by atoms with Gasteiger partial charge in [-0.15, -0.1) is 0 Å². The Morgan fingerprint density at radius 1 is 1.33 bits per heavy atom. The number of amides is 1. The molecule has 2 atom stereocenters. The van der Waals surface area contributed by atoms with Crippen LogP contribution >= 0.6 is 7.82 Å². The molecule has 11 nitrogen and oxygen atoms in total. The van der Waals surface area contributed by atoms with E-state index in [1.165, 1.54) is 6.07 Å². The maximum absolute atomic E-state index is 11.5. The second-order valence-electron chi connectivity index (χ2n) is 4.78. The number of aliphatic hydroxyl groups excluding tert-OH is 1. The van der Waals surface area contributed by atoms with E-state index >= 15 is 0 Å². The Bertz CT molecular complexity index is 660. The molecule has 12 heteroatoms. The quantitative estimate of drug-likeness (QED) is 0.261. The van der Waals surface area contributed by atoms with Crippen molar-refractivity contribution in [1.29, 1.82) is 0 Å². The molecule has 1 rings (SSSR count). The van der Waals surface area contributed by atoms with Crippen LogP contribution in [-0.2, 0) is 20.6 Å². The average molecular weight is 364 g/mol. The Hall–Kier alpha value is -2.17. The van der Waals surface area contributed by atoms with E-state index in [-0.39, 0.29) is 12.0 Å². The summed E-state index contributed by atoms with van der Waals surface area (Å²) in [5.74, 6) is -3.33. The number of phosphoric acid groups is 1. The summed E-state index contributed by atoms with van der Waals surface area (Å²) in [6.45, 7) is -0.659. The predicted octanol–water partition coefficient (Wildman–Crippen LogP) is -1.70. The summed E-state index contributed by atoms with van der Waals surface area (Å²) in [5.41, 5.74) is 5.52. The van der Waals surface area contributed by atoms with Crippen LogP contribution in [0.25, 0.3) is 0 Å². The lowest BCUT2D eigenvalue weighted by Gasteiger charge is -2.17. The molecule has 0 bridgehead atoms. The first-order valence-corrected chi connectivity index (χ1v) is 8.03. The van der Waals surface area contributed by atoms with Crippen molar-refractivity contribution in [3.63, 3.8) is 0 Å². The molecule has 0 fully saturated rings. The molecular weight excluding hydrogens is 347 g/mol. The normalized spacial score (nSPS) is 13.8. The number of phenolic OH excluding ortho intramolecular Hbond substituents is 1.